The van der Waals surface area contributed by atoms with E-state index in [-0.39, 0.29) is 24.4 Å². The third-order valence-corrected chi connectivity index (χ3v) is 4.04. The number of aromatic nitrogens is 2. The predicted octanol–water partition coefficient (Wildman–Crippen LogP) is 3.09. The third kappa shape index (κ3) is 3.80. The lowest BCUT2D eigenvalue weighted by Gasteiger charge is -2.09. The molecule has 25 heavy (non-hydrogen) atoms. The molecule has 0 saturated heterocycles. The van der Waals surface area contributed by atoms with Gasteiger partial charge in [-0.2, -0.15) is 0 Å². The first-order valence-corrected chi connectivity index (χ1v) is 8.04. The molecule has 0 saturated carbocycles. The van der Waals surface area contributed by atoms with Crippen LogP contribution in [-0.2, 0) is 11.3 Å². The fraction of sp³-hybridized carbons (Fsp3) is 0.167. The largest absolute Gasteiger partial charge is 0.495 e. The molecule has 3 aromatic rings. The minimum Gasteiger partial charge on any atom is -0.495 e. The molecule has 0 radical (unpaired) electrons. The number of methoxy groups -OCH3 is 1. The molecule has 0 unspecified atom stereocenters. The Balaban J connectivity index is 1.67. The summed E-state index contributed by atoms with van der Waals surface area (Å²) in [5.74, 6) is 0.315. The maximum absolute atomic E-state index is 12.4. The van der Waals surface area contributed by atoms with E-state index in [0.717, 1.165) is 0 Å². The number of carbonyl (C=O) groups is 1. The number of aryl methyl sites for hydroxylation is 1. The van der Waals surface area contributed by atoms with Gasteiger partial charge in [-0.3, -0.25) is 14.2 Å². The summed E-state index contributed by atoms with van der Waals surface area (Å²) in [6.07, 6.45) is 1.60. The standard InChI is InChI=1S/C18H16ClN3O3/c1-25-16-7-6-12(10-14(16)19)21-17(23)8-9-22-11-20-15-5-3-2-4-13(15)18(22)24/h2-7,10-11H,8-9H2,1H3,(H,21,23). The van der Waals surface area contributed by atoms with Gasteiger partial charge in [-0.15, -0.1) is 0 Å². The van der Waals surface area contributed by atoms with Crippen LogP contribution in [0.15, 0.2) is 53.6 Å². The monoisotopic (exact) mass is 357 g/mol. The van der Waals surface area contributed by atoms with Gasteiger partial charge in [0.15, 0.2) is 0 Å². The van der Waals surface area contributed by atoms with Crippen molar-refractivity contribution >= 4 is 34.1 Å². The van der Waals surface area contributed by atoms with Gasteiger partial charge in [-0.25, -0.2) is 4.98 Å². The number of amides is 1. The smallest absolute Gasteiger partial charge is 0.261 e. The summed E-state index contributed by atoms with van der Waals surface area (Å²) in [7, 11) is 1.52. The van der Waals surface area contributed by atoms with Crippen molar-refractivity contribution in [1.29, 1.82) is 0 Å². The topological polar surface area (TPSA) is 73.2 Å². The van der Waals surface area contributed by atoms with Crippen molar-refractivity contribution in [3.8, 4) is 5.75 Å². The van der Waals surface area contributed by atoms with Gasteiger partial charge in [0.2, 0.25) is 5.91 Å². The fourth-order valence-corrected chi connectivity index (χ4v) is 2.71. The first-order chi connectivity index (χ1) is 12.1. The molecule has 0 spiro atoms. The molecule has 128 valence electrons. The number of hydrogen-bond donors (Lipinski definition) is 1. The Kier molecular flexibility index (Phi) is 5.00. The predicted molar refractivity (Wildman–Crippen MR) is 97.3 cm³/mol. The van der Waals surface area contributed by atoms with Gasteiger partial charge in [0.05, 0.1) is 29.4 Å². The Bertz CT molecular complexity index is 985. The quantitative estimate of drug-likeness (QED) is 0.761. The lowest BCUT2D eigenvalue weighted by Crippen LogP contribution is -2.23. The maximum Gasteiger partial charge on any atom is 0.261 e. The maximum atomic E-state index is 12.4. The van der Waals surface area contributed by atoms with Gasteiger partial charge < -0.3 is 10.1 Å². The molecule has 0 bridgehead atoms. The molecule has 7 heteroatoms. The first kappa shape index (κ1) is 17.0. The Hall–Kier alpha value is -2.86. The summed E-state index contributed by atoms with van der Waals surface area (Å²) in [6.45, 7) is 0.242. The van der Waals surface area contributed by atoms with E-state index < -0.39 is 0 Å². The van der Waals surface area contributed by atoms with Crippen LogP contribution < -0.4 is 15.6 Å². The van der Waals surface area contributed by atoms with Gasteiger partial charge in [-0.05, 0) is 30.3 Å². The minimum atomic E-state index is -0.221. The van der Waals surface area contributed by atoms with E-state index in [2.05, 4.69) is 10.3 Å². The van der Waals surface area contributed by atoms with Crippen LogP contribution in [0.25, 0.3) is 10.9 Å². The van der Waals surface area contributed by atoms with Crippen LogP contribution in [0.2, 0.25) is 5.02 Å². The number of fused-ring (bicyclic) bond motifs is 1. The van der Waals surface area contributed by atoms with E-state index in [1.807, 2.05) is 6.07 Å². The van der Waals surface area contributed by atoms with Gasteiger partial charge >= 0.3 is 0 Å². The SMILES string of the molecule is COc1ccc(NC(=O)CCn2cnc3ccccc3c2=O)cc1Cl. The zero-order valence-corrected chi connectivity index (χ0v) is 14.3. The average Bonchev–Trinajstić information content (AvgIpc) is 2.61. The number of para-hydroxylation sites is 1. The normalized spacial score (nSPS) is 10.6. The number of benzene rings is 2. The molecule has 0 aliphatic carbocycles. The van der Waals surface area contributed by atoms with Crippen molar-refractivity contribution in [3.63, 3.8) is 0 Å². The van der Waals surface area contributed by atoms with E-state index >= 15 is 0 Å². The van der Waals surface area contributed by atoms with E-state index in [1.165, 1.54) is 18.0 Å². The molecule has 0 atom stereocenters. The number of halogens is 1. The third-order valence-electron chi connectivity index (χ3n) is 3.75. The molecular formula is C18H16ClN3O3. The van der Waals surface area contributed by atoms with Crippen molar-refractivity contribution < 1.29 is 9.53 Å². The van der Waals surface area contributed by atoms with Gasteiger partial charge in [0.25, 0.3) is 5.56 Å². The highest BCUT2D eigenvalue weighted by Crippen LogP contribution is 2.27. The number of nitrogens with zero attached hydrogens (tertiary/aromatic N) is 2. The van der Waals surface area contributed by atoms with Crippen LogP contribution in [0.3, 0.4) is 0 Å². The van der Waals surface area contributed by atoms with Gasteiger partial charge in [0, 0.05) is 18.7 Å². The van der Waals surface area contributed by atoms with E-state index in [1.54, 1.807) is 36.4 Å². The Morgan fingerprint density at radius 3 is 2.84 bits per heavy atom. The molecule has 1 N–H and O–H groups in total. The summed E-state index contributed by atoms with van der Waals surface area (Å²) in [5, 5.41) is 3.69. The molecule has 0 aliphatic heterocycles. The molecule has 6 nitrogen and oxygen atoms in total. The van der Waals surface area contributed by atoms with Crippen LogP contribution in [0.1, 0.15) is 6.42 Å². The summed E-state index contributed by atoms with van der Waals surface area (Å²) < 4.78 is 6.50. The molecule has 2 aromatic carbocycles. The van der Waals surface area contributed by atoms with Crippen LogP contribution in [0.5, 0.6) is 5.75 Å². The van der Waals surface area contributed by atoms with Crippen molar-refractivity contribution in [2.45, 2.75) is 13.0 Å². The van der Waals surface area contributed by atoms with Crippen molar-refractivity contribution in [2.24, 2.45) is 0 Å². The Morgan fingerprint density at radius 2 is 2.08 bits per heavy atom. The molecule has 0 fully saturated rings. The van der Waals surface area contributed by atoms with E-state index in [4.69, 9.17) is 16.3 Å². The number of carbonyl (C=O) groups excluding carboxylic acids is 1. The van der Waals surface area contributed by atoms with Crippen LogP contribution in [0.4, 0.5) is 5.69 Å². The average molecular weight is 358 g/mol. The highest BCUT2D eigenvalue weighted by Gasteiger charge is 2.08. The van der Waals surface area contributed by atoms with Crippen LogP contribution >= 0.6 is 11.6 Å². The van der Waals surface area contributed by atoms with E-state index in [0.29, 0.717) is 27.4 Å². The highest BCUT2D eigenvalue weighted by molar-refractivity contribution is 6.32. The van der Waals surface area contributed by atoms with Crippen molar-refractivity contribution in [3.05, 3.63) is 64.2 Å². The second kappa shape index (κ2) is 7.36. The van der Waals surface area contributed by atoms with Crippen LogP contribution in [0, 0.1) is 0 Å². The molecule has 0 aliphatic rings. The zero-order chi connectivity index (χ0) is 17.8. The van der Waals surface area contributed by atoms with Crippen LogP contribution in [-0.4, -0.2) is 22.6 Å². The summed E-state index contributed by atoms with van der Waals surface area (Å²) in [5.41, 5.74) is 1.05. The highest BCUT2D eigenvalue weighted by atomic mass is 35.5. The molecule has 1 heterocycles. The Labute approximate surface area is 149 Å². The number of rotatable bonds is 5. The number of nitrogens with one attached hydrogen (secondary N) is 1. The number of ether oxygens (including phenoxy) is 1. The summed E-state index contributed by atoms with van der Waals surface area (Å²) in [4.78, 5) is 28.7. The first-order valence-electron chi connectivity index (χ1n) is 7.66. The van der Waals surface area contributed by atoms with Gasteiger partial charge in [-0.1, -0.05) is 23.7 Å². The molecule has 1 amide bonds. The molecular weight excluding hydrogens is 342 g/mol. The van der Waals surface area contributed by atoms with Crippen molar-refractivity contribution in [2.75, 3.05) is 12.4 Å². The number of anilines is 1. The van der Waals surface area contributed by atoms with Gasteiger partial charge in [0.1, 0.15) is 5.75 Å². The second-order valence-electron chi connectivity index (χ2n) is 5.41. The van der Waals surface area contributed by atoms with E-state index in [9.17, 15) is 9.59 Å². The zero-order valence-electron chi connectivity index (χ0n) is 13.5. The minimum absolute atomic E-state index is 0.142. The second-order valence-corrected chi connectivity index (χ2v) is 5.81. The molecule has 1 aromatic heterocycles. The lowest BCUT2D eigenvalue weighted by atomic mass is 10.2. The fourth-order valence-electron chi connectivity index (χ4n) is 2.46. The molecule has 3 rings (SSSR count). The lowest BCUT2D eigenvalue weighted by molar-refractivity contribution is -0.116. The summed E-state index contributed by atoms with van der Waals surface area (Å²) >= 11 is 6.03. The summed E-state index contributed by atoms with van der Waals surface area (Å²) in [6, 6.07) is 12.1. The number of hydrogen-bond acceptors (Lipinski definition) is 4. The Morgan fingerprint density at radius 1 is 1.28 bits per heavy atom. The van der Waals surface area contributed by atoms with Crippen molar-refractivity contribution in [1.82, 2.24) is 9.55 Å².